The molecule has 25 heavy (non-hydrogen) atoms. The Labute approximate surface area is 151 Å². The molecule has 0 aromatic heterocycles. The maximum absolute atomic E-state index is 12.8. The molecule has 0 radical (unpaired) electrons. The first-order chi connectivity index (χ1) is 11.5. The summed E-state index contributed by atoms with van der Waals surface area (Å²) in [5.74, 6) is 0.753. The number of nitrogens with one attached hydrogen (secondary N) is 1. The van der Waals surface area contributed by atoms with Gasteiger partial charge in [-0.15, -0.1) is 0 Å². The van der Waals surface area contributed by atoms with Crippen molar-refractivity contribution in [2.75, 3.05) is 19.6 Å². The van der Waals surface area contributed by atoms with Crippen LogP contribution in [0.2, 0.25) is 0 Å². The fourth-order valence-electron chi connectivity index (χ4n) is 3.79. The van der Waals surface area contributed by atoms with E-state index in [1.807, 2.05) is 33.8 Å². The van der Waals surface area contributed by atoms with Crippen molar-refractivity contribution in [1.29, 1.82) is 0 Å². The van der Waals surface area contributed by atoms with Gasteiger partial charge in [-0.2, -0.15) is 0 Å². The Bertz CT molecular complexity index is 735. The zero-order valence-electron chi connectivity index (χ0n) is 16.1. The van der Waals surface area contributed by atoms with Gasteiger partial charge in [-0.25, -0.2) is 13.1 Å². The predicted octanol–water partition coefficient (Wildman–Crippen LogP) is 2.70. The van der Waals surface area contributed by atoms with E-state index < -0.39 is 10.0 Å². The predicted molar refractivity (Wildman–Crippen MR) is 100 cm³/mol. The molecular formula is C19H30N2O3S. The summed E-state index contributed by atoms with van der Waals surface area (Å²) in [5.41, 5.74) is 3.36. The Morgan fingerprint density at radius 2 is 1.56 bits per heavy atom. The molecule has 5 nitrogen and oxygen atoms in total. The van der Waals surface area contributed by atoms with E-state index in [9.17, 15) is 13.2 Å². The van der Waals surface area contributed by atoms with Gasteiger partial charge in [-0.3, -0.25) is 4.79 Å². The van der Waals surface area contributed by atoms with Crippen molar-refractivity contribution in [3.05, 3.63) is 28.3 Å². The lowest BCUT2D eigenvalue weighted by Crippen LogP contribution is -2.46. The largest absolute Gasteiger partial charge is 0.341 e. The molecule has 1 amide bonds. The highest BCUT2D eigenvalue weighted by atomic mass is 32.2. The lowest BCUT2D eigenvalue weighted by atomic mass is 9.92. The first-order valence-electron chi connectivity index (χ1n) is 8.87. The molecule has 1 heterocycles. The van der Waals surface area contributed by atoms with Crippen LogP contribution in [0.1, 0.15) is 42.5 Å². The molecule has 1 aromatic rings. The number of sulfonamides is 1. The normalized spacial score (nSPS) is 21.4. The summed E-state index contributed by atoms with van der Waals surface area (Å²) in [6.45, 7) is 12.9. The van der Waals surface area contributed by atoms with Gasteiger partial charge < -0.3 is 4.90 Å². The average molecular weight is 367 g/mol. The third-order valence-electron chi connectivity index (χ3n) is 5.20. The molecule has 0 spiro atoms. The number of piperidine rings is 1. The Hall–Kier alpha value is -1.40. The molecule has 1 N–H and O–H groups in total. The van der Waals surface area contributed by atoms with Crippen molar-refractivity contribution < 1.29 is 13.2 Å². The third kappa shape index (κ3) is 4.42. The minimum Gasteiger partial charge on any atom is -0.341 e. The van der Waals surface area contributed by atoms with Crippen LogP contribution in [0.5, 0.6) is 0 Å². The molecule has 0 unspecified atom stereocenters. The van der Waals surface area contributed by atoms with E-state index in [0.717, 1.165) is 28.7 Å². The standard InChI is InChI=1S/C19H30N2O3S/c1-12-7-13(2)11-21(10-12)18(22)9-20-25(23,24)19-16(5)14(3)8-15(4)17(19)6/h8,12-13,20H,7,9-11H2,1-6H3/t12-,13-/m1/s1. The molecule has 2 atom stereocenters. The Kier molecular flexibility index (Phi) is 5.94. The van der Waals surface area contributed by atoms with Crippen LogP contribution in [-0.2, 0) is 14.8 Å². The van der Waals surface area contributed by atoms with Crippen LogP contribution in [0.15, 0.2) is 11.0 Å². The van der Waals surface area contributed by atoms with Gasteiger partial charge in [0.2, 0.25) is 15.9 Å². The monoisotopic (exact) mass is 366 g/mol. The third-order valence-corrected chi connectivity index (χ3v) is 6.88. The maximum atomic E-state index is 12.8. The Morgan fingerprint density at radius 3 is 2.04 bits per heavy atom. The second kappa shape index (κ2) is 7.46. The van der Waals surface area contributed by atoms with Gasteiger partial charge >= 0.3 is 0 Å². The number of benzene rings is 1. The van der Waals surface area contributed by atoms with Crippen molar-refractivity contribution in [3.8, 4) is 0 Å². The summed E-state index contributed by atoms with van der Waals surface area (Å²) in [7, 11) is -3.72. The van der Waals surface area contributed by atoms with E-state index in [2.05, 4.69) is 18.6 Å². The molecular weight excluding hydrogens is 336 g/mol. The molecule has 1 aliphatic rings. The van der Waals surface area contributed by atoms with Crippen LogP contribution in [0.4, 0.5) is 0 Å². The summed E-state index contributed by atoms with van der Waals surface area (Å²) >= 11 is 0. The van der Waals surface area contributed by atoms with Crippen LogP contribution in [0, 0.1) is 39.5 Å². The van der Waals surface area contributed by atoms with Gasteiger partial charge in [0.25, 0.3) is 0 Å². The zero-order valence-corrected chi connectivity index (χ0v) is 17.0. The maximum Gasteiger partial charge on any atom is 0.241 e. The van der Waals surface area contributed by atoms with Crippen LogP contribution in [-0.4, -0.2) is 38.9 Å². The molecule has 140 valence electrons. The minimum absolute atomic E-state index is 0.151. The molecule has 0 bridgehead atoms. The second-order valence-electron chi connectivity index (χ2n) is 7.66. The number of likely N-dealkylation sites (tertiary alicyclic amines) is 1. The number of amides is 1. The van der Waals surface area contributed by atoms with Gasteiger partial charge in [0.1, 0.15) is 0 Å². The molecule has 2 rings (SSSR count). The fourth-order valence-corrected chi connectivity index (χ4v) is 5.38. The fraction of sp³-hybridized carbons (Fsp3) is 0.632. The second-order valence-corrected chi connectivity index (χ2v) is 9.36. The number of aryl methyl sites for hydroxylation is 2. The van der Waals surface area contributed by atoms with Crippen molar-refractivity contribution in [2.45, 2.75) is 52.9 Å². The first-order valence-corrected chi connectivity index (χ1v) is 10.4. The zero-order chi connectivity index (χ0) is 18.9. The summed E-state index contributed by atoms with van der Waals surface area (Å²) in [6.07, 6.45) is 1.11. The van der Waals surface area contributed by atoms with Gasteiger partial charge in [-0.1, -0.05) is 19.9 Å². The Balaban J connectivity index is 2.16. The topological polar surface area (TPSA) is 66.5 Å². The smallest absolute Gasteiger partial charge is 0.241 e. The summed E-state index contributed by atoms with van der Waals surface area (Å²) in [4.78, 5) is 14.6. The van der Waals surface area contributed by atoms with Crippen LogP contribution in [0.25, 0.3) is 0 Å². The first kappa shape index (κ1) is 19.9. The number of carbonyl (C=O) groups is 1. The van der Waals surface area contributed by atoms with Crippen molar-refractivity contribution in [1.82, 2.24) is 9.62 Å². The molecule has 0 saturated carbocycles. The minimum atomic E-state index is -3.72. The quantitative estimate of drug-likeness (QED) is 0.891. The summed E-state index contributed by atoms with van der Waals surface area (Å²) in [6, 6.07) is 1.99. The van der Waals surface area contributed by atoms with Crippen molar-refractivity contribution in [3.63, 3.8) is 0 Å². The number of hydrogen-bond donors (Lipinski definition) is 1. The van der Waals surface area contributed by atoms with Crippen LogP contribution in [0.3, 0.4) is 0 Å². The average Bonchev–Trinajstić information content (AvgIpc) is 2.50. The van der Waals surface area contributed by atoms with E-state index in [4.69, 9.17) is 0 Å². The van der Waals surface area contributed by atoms with Crippen molar-refractivity contribution >= 4 is 15.9 Å². The lowest BCUT2D eigenvalue weighted by molar-refractivity contribution is -0.132. The SMILES string of the molecule is Cc1cc(C)c(C)c(S(=O)(=O)NCC(=O)N2C[C@H](C)C[C@@H](C)C2)c1C. The molecule has 6 heteroatoms. The van der Waals surface area contributed by atoms with Crippen molar-refractivity contribution in [2.24, 2.45) is 11.8 Å². The van der Waals surface area contributed by atoms with E-state index in [1.54, 1.807) is 4.90 Å². The molecule has 1 aliphatic heterocycles. The molecule has 1 aromatic carbocycles. The highest BCUT2D eigenvalue weighted by Gasteiger charge is 2.27. The number of rotatable bonds is 4. The highest BCUT2D eigenvalue weighted by molar-refractivity contribution is 7.89. The van der Waals surface area contributed by atoms with Gasteiger partial charge in [-0.05, 0) is 68.2 Å². The lowest BCUT2D eigenvalue weighted by Gasteiger charge is -2.35. The molecule has 0 aliphatic carbocycles. The van der Waals surface area contributed by atoms with Gasteiger partial charge in [0.05, 0.1) is 11.4 Å². The molecule has 1 fully saturated rings. The number of carbonyl (C=O) groups excluding carboxylic acids is 1. The number of nitrogens with zero attached hydrogens (tertiary/aromatic N) is 1. The molecule has 1 saturated heterocycles. The highest BCUT2D eigenvalue weighted by Crippen LogP contribution is 2.26. The number of hydrogen-bond acceptors (Lipinski definition) is 3. The van der Waals surface area contributed by atoms with E-state index in [0.29, 0.717) is 29.8 Å². The summed E-state index contributed by atoms with van der Waals surface area (Å²) in [5, 5.41) is 0. The van der Waals surface area contributed by atoms with Gasteiger partial charge in [0, 0.05) is 13.1 Å². The van der Waals surface area contributed by atoms with Gasteiger partial charge in [0.15, 0.2) is 0 Å². The Morgan fingerprint density at radius 1 is 1.08 bits per heavy atom. The van der Waals surface area contributed by atoms with E-state index in [-0.39, 0.29) is 12.5 Å². The summed E-state index contributed by atoms with van der Waals surface area (Å²) < 4.78 is 28.1. The van der Waals surface area contributed by atoms with Crippen LogP contribution >= 0.6 is 0 Å². The van der Waals surface area contributed by atoms with E-state index in [1.165, 1.54) is 0 Å². The van der Waals surface area contributed by atoms with Crippen LogP contribution < -0.4 is 4.72 Å². The van der Waals surface area contributed by atoms with E-state index >= 15 is 0 Å².